The van der Waals surface area contributed by atoms with Crippen molar-refractivity contribution in [3.8, 4) is 0 Å². The molecular formula is C20H32O. The van der Waals surface area contributed by atoms with Gasteiger partial charge in [0.05, 0.1) is 0 Å². The highest BCUT2D eigenvalue weighted by Gasteiger charge is 1.99. The first-order valence-corrected chi connectivity index (χ1v) is 9.11. The summed E-state index contributed by atoms with van der Waals surface area (Å²) in [5.74, 6) is 0. The van der Waals surface area contributed by atoms with E-state index >= 15 is 0 Å². The quantitative estimate of drug-likeness (QED) is 0.594. The van der Waals surface area contributed by atoms with Crippen molar-refractivity contribution in [1.29, 1.82) is 0 Å². The van der Waals surface area contributed by atoms with Crippen LogP contribution in [0.15, 0.2) is 24.3 Å². The van der Waals surface area contributed by atoms with Gasteiger partial charge in [-0.1, -0.05) is 62.8 Å². The molecule has 2 bridgehead atoms. The fourth-order valence-electron chi connectivity index (χ4n) is 3.17. The molecule has 0 fully saturated rings. The van der Waals surface area contributed by atoms with Crippen molar-refractivity contribution in [2.24, 2.45) is 0 Å². The van der Waals surface area contributed by atoms with E-state index in [-0.39, 0.29) is 0 Å². The number of ether oxygens (including phenoxy) is 1. The van der Waals surface area contributed by atoms with Gasteiger partial charge in [0.1, 0.15) is 0 Å². The molecule has 1 nitrogen and oxygen atoms in total. The van der Waals surface area contributed by atoms with Gasteiger partial charge in [-0.05, 0) is 49.7 Å². The van der Waals surface area contributed by atoms with Gasteiger partial charge in [0.15, 0.2) is 0 Å². The average molecular weight is 288 g/mol. The molecule has 0 atom stereocenters. The molecule has 0 aliphatic carbocycles. The first kappa shape index (κ1) is 16.5. The Balaban J connectivity index is 1.78. The topological polar surface area (TPSA) is 9.23 Å². The Hall–Kier alpha value is -0.820. The Morgan fingerprint density at radius 1 is 0.571 bits per heavy atom. The summed E-state index contributed by atoms with van der Waals surface area (Å²) in [4.78, 5) is 0. The van der Waals surface area contributed by atoms with Crippen LogP contribution in [0.2, 0.25) is 0 Å². The maximum Gasteiger partial charge on any atom is 0.0466 e. The lowest BCUT2D eigenvalue weighted by atomic mass is 10.0. The number of rotatable bonds is 0. The van der Waals surface area contributed by atoms with Crippen LogP contribution in [-0.2, 0) is 17.6 Å². The highest BCUT2D eigenvalue weighted by atomic mass is 16.5. The van der Waals surface area contributed by atoms with E-state index < -0.39 is 0 Å². The van der Waals surface area contributed by atoms with Crippen molar-refractivity contribution in [3.63, 3.8) is 0 Å². The maximum absolute atomic E-state index is 5.73. The summed E-state index contributed by atoms with van der Waals surface area (Å²) >= 11 is 0. The number of benzene rings is 1. The minimum Gasteiger partial charge on any atom is -0.381 e. The van der Waals surface area contributed by atoms with Crippen molar-refractivity contribution in [2.75, 3.05) is 13.2 Å². The number of hydrogen-bond donors (Lipinski definition) is 0. The van der Waals surface area contributed by atoms with E-state index in [2.05, 4.69) is 24.3 Å². The summed E-state index contributed by atoms with van der Waals surface area (Å²) in [6.45, 7) is 1.91. The van der Waals surface area contributed by atoms with Crippen LogP contribution < -0.4 is 0 Å². The van der Waals surface area contributed by atoms with Crippen LogP contribution in [0.5, 0.6) is 0 Å². The Bertz CT molecular complexity index is 341. The van der Waals surface area contributed by atoms with Crippen LogP contribution in [0.25, 0.3) is 0 Å². The smallest absolute Gasteiger partial charge is 0.0466 e. The second-order valence-corrected chi connectivity index (χ2v) is 6.47. The minimum atomic E-state index is 0.944. The monoisotopic (exact) mass is 288 g/mol. The van der Waals surface area contributed by atoms with E-state index in [9.17, 15) is 0 Å². The van der Waals surface area contributed by atoms with Crippen molar-refractivity contribution < 1.29 is 4.74 Å². The van der Waals surface area contributed by atoms with Crippen LogP contribution in [0.4, 0.5) is 0 Å². The molecule has 2 rings (SSSR count). The Morgan fingerprint density at radius 3 is 1.71 bits per heavy atom. The van der Waals surface area contributed by atoms with Gasteiger partial charge in [-0.15, -0.1) is 0 Å². The molecular weight excluding hydrogens is 256 g/mol. The molecule has 0 N–H and O–H groups in total. The lowest BCUT2D eigenvalue weighted by molar-refractivity contribution is 0.126. The first-order valence-electron chi connectivity index (χ1n) is 9.11. The predicted molar refractivity (Wildman–Crippen MR) is 90.8 cm³/mol. The van der Waals surface area contributed by atoms with Gasteiger partial charge >= 0.3 is 0 Å². The van der Waals surface area contributed by atoms with E-state index in [1.54, 1.807) is 0 Å². The van der Waals surface area contributed by atoms with Crippen LogP contribution in [-0.4, -0.2) is 13.2 Å². The molecule has 1 heterocycles. The molecule has 0 aromatic heterocycles. The van der Waals surface area contributed by atoms with Gasteiger partial charge in [0, 0.05) is 13.2 Å². The van der Waals surface area contributed by atoms with Crippen molar-refractivity contribution >= 4 is 0 Å². The first-order chi connectivity index (χ1) is 10.4. The molecule has 21 heavy (non-hydrogen) atoms. The summed E-state index contributed by atoms with van der Waals surface area (Å²) in [6, 6.07) is 9.23. The second kappa shape index (κ2) is 10.8. The summed E-state index contributed by atoms with van der Waals surface area (Å²) in [5.41, 5.74) is 3.04. The van der Waals surface area contributed by atoms with Crippen LogP contribution in [0, 0.1) is 0 Å². The van der Waals surface area contributed by atoms with Gasteiger partial charge in [-0.3, -0.25) is 0 Å². The van der Waals surface area contributed by atoms with E-state index in [0.29, 0.717) is 0 Å². The molecule has 0 unspecified atom stereocenters. The zero-order chi connectivity index (χ0) is 14.6. The highest BCUT2D eigenvalue weighted by molar-refractivity contribution is 5.23. The van der Waals surface area contributed by atoms with Gasteiger partial charge in [-0.2, -0.15) is 0 Å². The SMILES string of the molecule is c1cc2cc(c1)CCCCOCCCCCCCCCC2. The lowest BCUT2D eigenvalue weighted by Crippen LogP contribution is -1.98. The molecule has 1 aliphatic heterocycles. The summed E-state index contributed by atoms with van der Waals surface area (Å²) in [5, 5.41) is 0. The van der Waals surface area contributed by atoms with Crippen LogP contribution >= 0.6 is 0 Å². The maximum atomic E-state index is 5.73. The fourth-order valence-corrected chi connectivity index (χ4v) is 3.17. The third-order valence-corrected chi connectivity index (χ3v) is 4.50. The van der Waals surface area contributed by atoms with Crippen molar-refractivity contribution in [1.82, 2.24) is 0 Å². The van der Waals surface area contributed by atoms with Gasteiger partial charge < -0.3 is 4.74 Å². The summed E-state index contributed by atoms with van der Waals surface area (Å²) in [7, 11) is 0. The molecule has 1 aromatic carbocycles. The third kappa shape index (κ3) is 7.66. The molecule has 0 amide bonds. The van der Waals surface area contributed by atoms with Gasteiger partial charge in [0.2, 0.25) is 0 Å². The molecule has 1 heteroatoms. The Morgan fingerprint density at radius 2 is 1.05 bits per heavy atom. The summed E-state index contributed by atoms with van der Waals surface area (Å²) < 4.78 is 5.73. The second-order valence-electron chi connectivity index (χ2n) is 6.47. The van der Waals surface area contributed by atoms with Gasteiger partial charge in [0.25, 0.3) is 0 Å². The molecule has 118 valence electrons. The van der Waals surface area contributed by atoms with Crippen molar-refractivity contribution in [3.05, 3.63) is 35.4 Å². The zero-order valence-corrected chi connectivity index (χ0v) is 13.6. The predicted octanol–water partition coefficient (Wildman–Crippen LogP) is 5.70. The number of aryl methyl sites for hydroxylation is 2. The normalized spacial score (nSPS) is 20.4. The van der Waals surface area contributed by atoms with E-state index in [1.807, 2.05) is 0 Å². The molecule has 0 spiro atoms. The fraction of sp³-hybridized carbons (Fsp3) is 0.700. The summed E-state index contributed by atoms with van der Waals surface area (Å²) in [6.07, 6.45) is 15.9. The highest BCUT2D eigenvalue weighted by Crippen LogP contribution is 2.14. The van der Waals surface area contributed by atoms with Crippen LogP contribution in [0.1, 0.15) is 75.3 Å². The van der Waals surface area contributed by atoms with Crippen LogP contribution in [0.3, 0.4) is 0 Å². The van der Waals surface area contributed by atoms with E-state index in [4.69, 9.17) is 4.74 Å². The Kier molecular flexibility index (Phi) is 8.54. The molecule has 0 saturated carbocycles. The molecule has 1 aliphatic rings. The lowest BCUT2D eigenvalue weighted by Gasteiger charge is -2.08. The number of hydrogen-bond acceptors (Lipinski definition) is 1. The zero-order valence-electron chi connectivity index (χ0n) is 13.6. The largest absolute Gasteiger partial charge is 0.381 e. The number of fused-ring (bicyclic) bond motifs is 2. The minimum absolute atomic E-state index is 0.944. The molecule has 0 saturated heterocycles. The molecule has 0 radical (unpaired) electrons. The molecule has 1 aromatic rings. The standard InChI is InChI=1S/C20H32O/c1-2-4-6-9-16-21-17-10-8-13-20-15-11-14-19(18-20)12-7-5-3-1/h11,14-15,18H,1-10,12-13,16-17H2. The Labute approximate surface area is 131 Å². The van der Waals surface area contributed by atoms with E-state index in [0.717, 1.165) is 13.2 Å². The third-order valence-electron chi connectivity index (χ3n) is 4.50. The van der Waals surface area contributed by atoms with Gasteiger partial charge in [-0.25, -0.2) is 0 Å². The van der Waals surface area contributed by atoms with Crippen molar-refractivity contribution in [2.45, 2.75) is 77.0 Å². The van der Waals surface area contributed by atoms with E-state index in [1.165, 1.54) is 88.2 Å². The average Bonchev–Trinajstić information content (AvgIpc) is 2.51.